The first-order chi connectivity index (χ1) is 7.93. The summed E-state index contributed by atoms with van der Waals surface area (Å²) in [7, 11) is 0. The molecule has 1 aromatic heterocycles. The zero-order chi connectivity index (χ0) is 12.9. The number of hydrogen-bond donors (Lipinski definition) is 1. The van der Waals surface area contributed by atoms with Crippen LogP contribution in [0.1, 0.15) is 26.7 Å². The van der Waals surface area contributed by atoms with Crippen molar-refractivity contribution >= 4 is 17.7 Å². The molecule has 6 heteroatoms. The first-order valence-electron chi connectivity index (χ1n) is 5.28. The monoisotopic (exact) mass is 255 g/mol. The maximum Gasteiger partial charge on any atom is 0.277 e. The summed E-state index contributed by atoms with van der Waals surface area (Å²) in [6.45, 7) is 9.96. The summed E-state index contributed by atoms with van der Waals surface area (Å²) in [6, 6.07) is 0. The Morgan fingerprint density at radius 2 is 2.24 bits per heavy atom. The van der Waals surface area contributed by atoms with E-state index in [1.165, 1.54) is 11.8 Å². The molecule has 0 saturated carbocycles. The van der Waals surface area contributed by atoms with Crippen molar-refractivity contribution in [1.82, 2.24) is 15.5 Å². The van der Waals surface area contributed by atoms with Gasteiger partial charge in [0.2, 0.25) is 11.8 Å². The second-order valence-electron chi connectivity index (χ2n) is 4.50. The van der Waals surface area contributed by atoms with Gasteiger partial charge in [-0.2, -0.15) is 0 Å². The van der Waals surface area contributed by atoms with Crippen molar-refractivity contribution in [3.8, 4) is 0 Å². The lowest BCUT2D eigenvalue weighted by Crippen LogP contribution is -2.24. The Kier molecular flexibility index (Phi) is 4.74. The Hall–Kier alpha value is -1.30. The first kappa shape index (κ1) is 13.8. The smallest absolute Gasteiger partial charge is 0.277 e. The number of amides is 1. The molecule has 0 bridgehead atoms. The van der Waals surface area contributed by atoms with Crippen LogP contribution in [0.4, 0.5) is 0 Å². The van der Waals surface area contributed by atoms with E-state index in [-0.39, 0.29) is 17.1 Å². The van der Waals surface area contributed by atoms with Crippen LogP contribution in [-0.2, 0) is 10.2 Å². The minimum atomic E-state index is -0.170. The zero-order valence-electron chi connectivity index (χ0n) is 10.3. The molecule has 94 valence electrons. The van der Waals surface area contributed by atoms with E-state index in [0.717, 1.165) is 0 Å². The maximum atomic E-state index is 11.3. The van der Waals surface area contributed by atoms with Gasteiger partial charge in [-0.25, -0.2) is 0 Å². The minimum Gasteiger partial charge on any atom is -0.415 e. The quantitative estimate of drug-likeness (QED) is 0.641. The van der Waals surface area contributed by atoms with E-state index < -0.39 is 0 Å². The van der Waals surface area contributed by atoms with Crippen molar-refractivity contribution < 1.29 is 9.21 Å². The summed E-state index contributed by atoms with van der Waals surface area (Å²) >= 11 is 1.23. The second kappa shape index (κ2) is 5.86. The molecule has 5 nitrogen and oxygen atoms in total. The van der Waals surface area contributed by atoms with Gasteiger partial charge in [0.25, 0.3) is 5.22 Å². The number of nitrogens with zero attached hydrogens (tertiary/aromatic N) is 2. The Morgan fingerprint density at radius 3 is 2.76 bits per heavy atom. The largest absolute Gasteiger partial charge is 0.415 e. The van der Waals surface area contributed by atoms with Crippen molar-refractivity contribution in [3.05, 3.63) is 18.5 Å². The summed E-state index contributed by atoms with van der Waals surface area (Å²) in [6.07, 6.45) is 1.63. The Balaban J connectivity index is 2.45. The summed E-state index contributed by atoms with van der Waals surface area (Å²) in [5.41, 5.74) is -0.170. The highest BCUT2D eigenvalue weighted by Gasteiger charge is 2.21. The number of carbonyl (C=O) groups is 1. The van der Waals surface area contributed by atoms with E-state index in [2.05, 4.69) is 22.1 Å². The highest BCUT2D eigenvalue weighted by molar-refractivity contribution is 7.99. The third-order valence-electron chi connectivity index (χ3n) is 1.82. The fourth-order valence-corrected chi connectivity index (χ4v) is 1.53. The summed E-state index contributed by atoms with van der Waals surface area (Å²) in [5, 5.41) is 10.9. The maximum absolute atomic E-state index is 11.3. The van der Waals surface area contributed by atoms with Crippen LogP contribution in [-0.4, -0.2) is 28.4 Å². The molecule has 0 fully saturated rings. The van der Waals surface area contributed by atoms with Crippen LogP contribution < -0.4 is 5.32 Å². The molecule has 0 atom stereocenters. The van der Waals surface area contributed by atoms with Gasteiger partial charge in [-0.3, -0.25) is 4.79 Å². The Bertz CT molecular complexity index is 396. The predicted octanol–water partition coefficient (Wildman–Crippen LogP) is 1.76. The predicted molar refractivity (Wildman–Crippen MR) is 66.9 cm³/mol. The summed E-state index contributed by atoms with van der Waals surface area (Å²) < 4.78 is 5.44. The van der Waals surface area contributed by atoms with Gasteiger partial charge in [0.1, 0.15) is 0 Å². The standard InChI is InChI=1S/C11H17N3O2S/c1-5-6-12-8(15)7-17-10-14-13-9(16-10)11(2,3)4/h5H,1,6-7H2,2-4H3,(H,12,15). The molecule has 0 radical (unpaired) electrons. The van der Waals surface area contributed by atoms with Gasteiger partial charge < -0.3 is 9.73 Å². The van der Waals surface area contributed by atoms with Crippen molar-refractivity contribution in [2.45, 2.75) is 31.4 Å². The van der Waals surface area contributed by atoms with Gasteiger partial charge in [-0.15, -0.1) is 16.8 Å². The number of nitrogens with one attached hydrogen (secondary N) is 1. The molecule has 1 rings (SSSR count). The molecule has 0 aliphatic rings. The van der Waals surface area contributed by atoms with Crippen LogP contribution in [0.5, 0.6) is 0 Å². The van der Waals surface area contributed by atoms with Crippen molar-refractivity contribution in [2.75, 3.05) is 12.3 Å². The van der Waals surface area contributed by atoms with Gasteiger partial charge in [0, 0.05) is 12.0 Å². The van der Waals surface area contributed by atoms with Crippen LogP contribution in [0.25, 0.3) is 0 Å². The van der Waals surface area contributed by atoms with Gasteiger partial charge in [-0.1, -0.05) is 38.6 Å². The number of rotatable bonds is 5. The van der Waals surface area contributed by atoms with E-state index in [0.29, 0.717) is 17.7 Å². The Labute approximate surface area is 105 Å². The Morgan fingerprint density at radius 1 is 1.53 bits per heavy atom. The van der Waals surface area contributed by atoms with Crippen molar-refractivity contribution in [1.29, 1.82) is 0 Å². The van der Waals surface area contributed by atoms with E-state index in [1.54, 1.807) is 6.08 Å². The van der Waals surface area contributed by atoms with Crippen molar-refractivity contribution in [2.24, 2.45) is 0 Å². The minimum absolute atomic E-state index is 0.0783. The molecule has 0 saturated heterocycles. The fourth-order valence-electron chi connectivity index (χ4n) is 0.936. The molecule has 1 N–H and O–H groups in total. The molecule has 1 aromatic rings. The summed E-state index contributed by atoms with van der Waals surface area (Å²) in [5.74, 6) is 0.761. The average Bonchev–Trinajstić information content (AvgIpc) is 2.71. The SMILES string of the molecule is C=CCNC(=O)CSc1nnc(C(C)(C)C)o1. The van der Waals surface area contributed by atoms with Gasteiger partial charge >= 0.3 is 0 Å². The highest BCUT2D eigenvalue weighted by Crippen LogP contribution is 2.24. The third kappa shape index (κ3) is 4.60. The van der Waals surface area contributed by atoms with Crippen LogP contribution in [0, 0.1) is 0 Å². The van der Waals surface area contributed by atoms with Crippen LogP contribution in [0.2, 0.25) is 0 Å². The van der Waals surface area contributed by atoms with Crippen LogP contribution in [0.3, 0.4) is 0 Å². The van der Waals surface area contributed by atoms with Crippen LogP contribution in [0.15, 0.2) is 22.3 Å². The topological polar surface area (TPSA) is 68.0 Å². The molecule has 0 aliphatic heterocycles. The molecule has 0 unspecified atom stereocenters. The molecular weight excluding hydrogens is 238 g/mol. The lowest BCUT2D eigenvalue weighted by molar-refractivity contribution is -0.118. The number of thioether (sulfide) groups is 1. The first-order valence-corrected chi connectivity index (χ1v) is 6.26. The van der Waals surface area contributed by atoms with E-state index in [9.17, 15) is 4.79 Å². The molecule has 17 heavy (non-hydrogen) atoms. The average molecular weight is 255 g/mol. The second-order valence-corrected chi connectivity index (χ2v) is 5.43. The lowest BCUT2D eigenvalue weighted by Gasteiger charge is -2.10. The van der Waals surface area contributed by atoms with Gasteiger partial charge in [-0.05, 0) is 0 Å². The lowest BCUT2D eigenvalue weighted by atomic mass is 9.97. The molecular formula is C11H17N3O2S. The normalized spacial score (nSPS) is 11.2. The van der Waals surface area contributed by atoms with E-state index in [4.69, 9.17) is 4.42 Å². The molecule has 1 amide bonds. The highest BCUT2D eigenvalue weighted by atomic mass is 32.2. The van der Waals surface area contributed by atoms with Gasteiger partial charge in [0.15, 0.2) is 0 Å². The fraction of sp³-hybridized carbons (Fsp3) is 0.545. The third-order valence-corrected chi connectivity index (χ3v) is 2.64. The number of carbonyl (C=O) groups excluding carboxylic acids is 1. The number of hydrogen-bond acceptors (Lipinski definition) is 5. The van der Waals surface area contributed by atoms with Crippen LogP contribution >= 0.6 is 11.8 Å². The van der Waals surface area contributed by atoms with Gasteiger partial charge in [0.05, 0.1) is 5.75 Å². The number of aromatic nitrogens is 2. The molecule has 0 aromatic carbocycles. The molecule has 1 heterocycles. The zero-order valence-corrected chi connectivity index (χ0v) is 11.1. The molecule has 0 aliphatic carbocycles. The van der Waals surface area contributed by atoms with Crippen molar-refractivity contribution in [3.63, 3.8) is 0 Å². The summed E-state index contributed by atoms with van der Waals surface area (Å²) in [4.78, 5) is 11.3. The van der Waals surface area contributed by atoms with E-state index >= 15 is 0 Å². The van der Waals surface area contributed by atoms with E-state index in [1.807, 2.05) is 20.8 Å². The molecule has 0 spiro atoms.